The zero-order valence-electron chi connectivity index (χ0n) is 10.5. The molecule has 0 unspecified atom stereocenters. The Morgan fingerprint density at radius 1 is 1.44 bits per heavy atom. The Balaban J connectivity index is 2.46. The summed E-state index contributed by atoms with van der Waals surface area (Å²) in [5.74, 6) is 0.331. The van der Waals surface area contributed by atoms with E-state index in [2.05, 4.69) is 18.7 Å². The molecular formula is C12H25N3O. The lowest BCUT2D eigenvalue weighted by Crippen LogP contribution is -2.40. The van der Waals surface area contributed by atoms with Crippen LogP contribution in [0.3, 0.4) is 0 Å². The second-order valence-corrected chi connectivity index (χ2v) is 5.57. The highest BCUT2D eigenvalue weighted by Crippen LogP contribution is 2.49. The topological polar surface area (TPSA) is 72.3 Å². The first kappa shape index (κ1) is 13.5. The van der Waals surface area contributed by atoms with E-state index in [9.17, 15) is 4.79 Å². The van der Waals surface area contributed by atoms with Gasteiger partial charge in [-0.25, -0.2) is 0 Å². The average Bonchev–Trinajstić information content (AvgIpc) is 2.82. The largest absolute Gasteiger partial charge is 0.369 e. The molecule has 4 heteroatoms. The maximum absolute atomic E-state index is 11.0. The van der Waals surface area contributed by atoms with Gasteiger partial charge in [-0.1, -0.05) is 13.8 Å². The van der Waals surface area contributed by atoms with Crippen LogP contribution in [0.5, 0.6) is 0 Å². The normalized spacial score (nSPS) is 18.1. The highest BCUT2D eigenvalue weighted by molar-refractivity contribution is 5.75. The Morgan fingerprint density at radius 3 is 2.44 bits per heavy atom. The standard InChI is InChI=1S/C12H25N3O/c1-10(2)7-15(8-11(14)16)9-12(3-4-12)5-6-13/h10H,3-9,13H2,1-2H3,(H2,14,16). The van der Waals surface area contributed by atoms with Crippen molar-refractivity contribution in [3.05, 3.63) is 0 Å². The molecule has 0 spiro atoms. The molecule has 1 rings (SSSR count). The highest BCUT2D eigenvalue weighted by atomic mass is 16.1. The highest BCUT2D eigenvalue weighted by Gasteiger charge is 2.42. The van der Waals surface area contributed by atoms with Gasteiger partial charge >= 0.3 is 0 Å². The zero-order chi connectivity index (χ0) is 12.2. The van der Waals surface area contributed by atoms with Gasteiger partial charge in [0.15, 0.2) is 0 Å². The molecule has 94 valence electrons. The minimum atomic E-state index is -0.232. The number of nitrogens with two attached hydrogens (primary N) is 2. The van der Waals surface area contributed by atoms with Crippen LogP contribution in [0.4, 0.5) is 0 Å². The molecule has 4 N–H and O–H groups in total. The first-order chi connectivity index (χ1) is 7.47. The van der Waals surface area contributed by atoms with Crippen LogP contribution in [0, 0.1) is 11.3 Å². The summed E-state index contributed by atoms with van der Waals surface area (Å²) in [5.41, 5.74) is 11.3. The van der Waals surface area contributed by atoms with E-state index in [-0.39, 0.29) is 5.91 Å². The molecule has 0 saturated heterocycles. The van der Waals surface area contributed by atoms with E-state index in [1.165, 1.54) is 12.8 Å². The van der Waals surface area contributed by atoms with E-state index in [0.29, 0.717) is 17.9 Å². The molecule has 1 fully saturated rings. The fraction of sp³-hybridized carbons (Fsp3) is 0.917. The van der Waals surface area contributed by atoms with Crippen LogP contribution < -0.4 is 11.5 Å². The fourth-order valence-electron chi connectivity index (χ4n) is 2.37. The molecule has 0 aromatic heterocycles. The summed E-state index contributed by atoms with van der Waals surface area (Å²) in [4.78, 5) is 13.2. The molecule has 0 bridgehead atoms. The lowest BCUT2D eigenvalue weighted by molar-refractivity contribution is -0.119. The van der Waals surface area contributed by atoms with Crippen molar-refractivity contribution in [3.63, 3.8) is 0 Å². The van der Waals surface area contributed by atoms with Crippen molar-refractivity contribution in [2.24, 2.45) is 22.8 Å². The van der Waals surface area contributed by atoms with Gasteiger partial charge in [0.25, 0.3) is 0 Å². The number of primary amides is 1. The average molecular weight is 227 g/mol. The third-order valence-corrected chi connectivity index (χ3v) is 3.19. The van der Waals surface area contributed by atoms with Crippen LogP contribution in [-0.4, -0.2) is 37.0 Å². The number of amides is 1. The van der Waals surface area contributed by atoms with Gasteiger partial charge in [0.1, 0.15) is 0 Å². The van der Waals surface area contributed by atoms with Crippen LogP contribution in [0.15, 0.2) is 0 Å². The molecule has 1 aliphatic carbocycles. The summed E-state index contributed by atoms with van der Waals surface area (Å²) in [6.07, 6.45) is 3.56. The molecule has 0 atom stereocenters. The predicted octanol–water partition coefficient (Wildman–Crippen LogP) is 0.559. The minimum Gasteiger partial charge on any atom is -0.369 e. The fourth-order valence-corrected chi connectivity index (χ4v) is 2.37. The van der Waals surface area contributed by atoms with Crippen LogP contribution in [0.2, 0.25) is 0 Å². The third-order valence-electron chi connectivity index (χ3n) is 3.19. The summed E-state index contributed by atoms with van der Waals surface area (Å²) in [5, 5.41) is 0. The molecule has 0 aromatic rings. The van der Waals surface area contributed by atoms with Crippen molar-refractivity contribution in [1.29, 1.82) is 0 Å². The van der Waals surface area contributed by atoms with Crippen LogP contribution in [0.1, 0.15) is 33.1 Å². The number of rotatable bonds is 8. The quantitative estimate of drug-likeness (QED) is 0.636. The lowest BCUT2D eigenvalue weighted by atomic mass is 10.0. The molecule has 0 radical (unpaired) electrons. The zero-order valence-corrected chi connectivity index (χ0v) is 10.5. The molecular weight excluding hydrogens is 202 g/mol. The molecule has 0 aromatic carbocycles. The van der Waals surface area contributed by atoms with E-state index in [1.54, 1.807) is 0 Å². The Bertz CT molecular complexity index is 236. The van der Waals surface area contributed by atoms with Gasteiger partial charge in [0.05, 0.1) is 6.54 Å². The summed E-state index contributed by atoms with van der Waals surface area (Å²) < 4.78 is 0. The number of nitrogens with zero attached hydrogens (tertiary/aromatic N) is 1. The van der Waals surface area contributed by atoms with Gasteiger partial charge in [0, 0.05) is 13.1 Å². The van der Waals surface area contributed by atoms with Gasteiger partial charge in [-0.3, -0.25) is 9.69 Å². The van der Waals surface area contributed by atoms with Crippen LogP contribution >= 0.6 is 0 Å². The number of hydrogen-bond acceptors (Lipinski definition) is 3. The van der Waals surface area contributed by atoms with E-state index in [1.807, 2.05) is 0 Å². The van der Waals surface area contributed by atoms with E-state index >= 15 is 0 Å². The van der Waals surface area contributed by atoms with E-state index < -0.39 is 0 Å². The van der Waals surface area contributed by atoms with Gasteiger partial charge in [-0.15, -0.1) is 0 Å². The predicted molar refractivity (Wildman–Crippen MR) is 65.8 cm³/mol. The molecule has 1 saturated carbocycles. The third kappa shape index (κ3) is 4.49. The van der Waals surface area contributed by atoms with Crippen molar-refractivity contribution in [3.8, 4) is 0 Å². The van der Waals surface area contributed by atoms with Crippen LogP contribution in [-0.2, 0) is 4.79 Å². The molecule has 1 amide bonds. The Labute approximate surface area is 98.3 Å². The smallest absolute Gasteiger partial charge is 0.231 e. The SMILES string of the molecule is CC(C)CN(CC(N)=O)CC1(CCN)CC1. The summed E-state index contributed by atoms with van der Waals surface area (Å²) in [7, 11) is 0. The lowest BCUT2D eigenvalue weighted by Gasteiger charge is -2.27. The first-order valence-electron chi connectivity index (χ1n) is 6.18. The maximum Gasteiger partial charge on any atom is 0.231 e. The van der Waals surface area contributed by atoms with Crippen molar-refractivity contribution >= 4 is 5.91 Å². The summed E-state index contributed by atoms with van der Waals surface area (Å²) in [6, 6.07) is 0. The van der Waals surface area contributed by atoms with Gasteiger partial charge < -0.3 is 11.5 Å². The van der Waals surface area contributed by atoms with Gasteiger partial charge in [-0.05, 0) is 37.1 Å². The Kier molecular flexibility index (Phi) is 4.74. The maximum atomic E-state index is 11.0. The van der Waals surface area contributed by atoms with E-state index in [4.69, 9.17) is 11.5 Å². The molecule has 0 aliphatic heterocycles. The Hall–Kier alpha value is -0.610. The number of carbonyl (C=O) groups excluding carboxylic acids is 1. The van der Waals surface area contributed by atoms with Gasteiger partial charge in [0.2, 0.25) is 5.91 Å². The van der Waals surface area contributed by atoms with Crippen LogP contribution in [0.25, 0.3) is 0 Å². The van der Waals surface area contributed by atoms with Crippen molar-refractivity contribution < 1.29 is 4.79 Å². The summed E-state index contributed by atoms with van der Waals surface area (Å²) in [6.45, 7) is 7.37. The second-order valence-electron chi connectivity index (χ2n) is 5.57. The Morgan fingerprint density at radius 2 is 2.06 bits per heavy atom. The van der Waals surface area contributed by atoms with Crippen molar-refractivity contribution in [2.45, 2.75) is 33.1 Å². The number of hydrogen-bond donors (Lipinski definition) is 2. The van der Waals surface area contributed by atoms with Crippen molar-refractivity contribution in [1.82, 2.24) is 4.90 Å². The molecule has 4 nitrogen and oxygen atoms in total. The minimum absolute atomic E-state index is 0.232. The van der Waals surface area contributed by atoms with Gasteiger partial charge in [-0.2, -0.15) is 0 Å². The summed E-state index contributed by atoms with van der Waals surface area (Å²) >= 11 is 0. The first-order valence-corrected chi connectivity index (χ1v) is 6.18. The number of carbonyl (C=O) groups is 1. The molecule has 0 heterocycles. The van der Waals surface area contributed by atoms with Crippen molar-refractivity contribution in [2.75, 3.05) is 26.2 Å². The monoisotopic (exact) mass is 227 g/mol. The van der Waals surface area contributed by atoms with E-state index in [0.717, 1.165) is 26.1 Å². The molecule has 1 aliphatic rings. The molecule has 16 heavy (non-hydrogen) atoms. The second kappa shape index (κ2) is 5.64.